The zero-order valence-corrected chi connectivity index (χ0v) is 14.2. The van der Waals surface area contributed by atoms with Gasteiger partial charge in [-0.1, -0.05) is 30.9 Å². The molecular weight excluding hydrogens is 324 g/mol. The number of nitriles is 1. The van der Waals surface area contributed by atoms with Crippen LogP contribution in [0, 0.1) is 11.3 Å². The summed E-state index contributed by atoms with van der Waals surface area (Å²) < 4.78 is 31.8. The monoisotopic (exact) mass is 342 g/mol. The second-order valence-corrected chi connectivity index (χ2v) is 7.19. The fraction of sp³-hybridized carbons (Fsp3) is 0.167. The van der Waals surface area contributed by atoms with Crippen LogP contribution in [0.2, 0.25) is 0 Å². The molecule has 0 N–H and O–H groups in total. The molecule has 5 nitrogen and oxygen atoms in total. The van der Waals surface area contributed by atoms with E-state index in [1.807, 2.05) is 18.2 Å². The summed E-state index contributed by atoms with van der Waals surface area (Å²) in [5.74, 6) is 0.700. The number of nitrogens with zero attached hydrogens (tertiary/aromatic N) is 2. The van der Waals surface area contributed by atoms with Crippen molar-refractivity contribution in [2.24, 2.45) is 0 Å². The van der Waals surface area contributed by atoms with Gasteiger partial charge in [-0.15, -0.1) is 0 Å². The second kappa shape index (κ2) is 7.77. The Hall–Kier alpha value is -2.62. The number of rotatable bonds is 7. The maximum absolute atomic E-state index is 12.6. The Balaban J connectivity index is 2.14. The Labute approximate surface area is 142 Å². The molecule has 0 aliphatic carbocycles. The first-order valence-corrected chi connectivity index (χ1v) is 8.70. The zero-order chi connectivity index (χ0) is 17.6. The van der Waals surface area contributed by atoms with Gasteiger partial charge in [-0.2, -0.15) is 9.57 Å². The summed E-state index contributed by atoms with van der Waals surface area (Å²) in [6, 6.07) is 15.1. The molecule has 0 atom stereocenters. The van der Waals surface area contributed by atoms with Crippen molar-refractivity contribution in [2.75, 3.05) is 13.7 Å². The summed E-state index contributed by atoms with van der Waals surface area (Å²) in [5.41, 5.74) is 1.15. The largest absolute Gasteiger partial charge is 0.490 e. The molecule has 0 spiro atoms. The highest BCUT2D eigenvalue weighted by Crippen LogP contribution is 2.19. The number of sulfonamides is 1. The van der Waals surface area contributed by atoms with E-state index in [1.165, 1.54) is 23.5 Å². The van der Waals surface area contributed by atoms with Crippen LogP contribution in [-0.2, 0) is 16.6 Å². The lowest BCUT2D eigenvalue weighted by atomic mass is 10.2. The normalized spacial score (nSPS) is 11.0. The Bertz CT molecular complexity index is 853. The third-order valence-electron chi connectivity index (χ3n) is 3.37. The van der Waals surface area contributed by atoms with E-state index in [0.717, 1.165) is 5.56 Å². The van der Waals surface area contributed by atoms with Crippen LogP contribution in [0.5, 0.6) is 5.75 Å². The SMILES string of the molecule is C=CCOc1ccc(CN(C)S(=O)(=O)c2cccc(C#N)c2)cc1. The Morgan fingerprint density at radius 2 is 1.96 bits per heavy atom. The lowest BCUT2D eigenvalue weighted by Crippen LogP contribution is -2.26. The Morgan fingerprint density at radius 3 is 2.58 bits per heavy atom. The first-order valence-electron chi connectivity index (χ1n) is 7.26. The van der Waals surface area contributed by atoms with Gasteiger partial charge in [-0.25, -0.2) is 8.42 Å². The molecule has 124 valence electrons. The molecule has 0 bridgehead atoms. The molecule has 0 saturated heterocycles. The van der Waals surface area contributed by atoms with Gasteiger partial charge >= 0.3 is 0 Å². The average Bonchev–Trinajstić information content (AvgIpc) is 2.61. The third-order valence-corrected chi connectivity index (χ3v) is 5.17. The van der Waals surface area contributed by atoms with E-state index in [0.29, 0.717) is 17.9 Å². The van der Waals surface area contributed by atoms with Gasteiger partial charge < -0.3 is 4.74 Å². The van der Waals surface area contributed by atoms with Crippen molar-refractivity contribution in [1.82, 2.24) is 4.31 Å². The van der Waals surface area contributed by atoms with E-state index in [2.05, 4.69) is 6.58 Å². The fourth-order valence-electron chi connectivity index (χ4n) is 2.09. The fourth-order valence-corrected chi connectivity index (χ4v) is 3.30. The first kappa shape index (κ1) is 17.7. The van der Waals surface area contributed by atoms with Crippen LogP contribution in [-0.4, -0.2) is 26.4 Å². The van der Waals surface area contributed by atoms with Crippen LogP contribution < -0.4 is 4.74 Å². The molecule has 0 unspecified atom stereocenters. The lowest BCUT2D eigenvalue weighted by Gasteiger charge is -2.17. The van der Waals surface area contributed by atoms with Crippen molar-refractivity contribution in [2.45, 2.75) is 11.4 Å². The van der Waals surface area contributed by atoms with E-state index in [-0.39, 0.29) is 11.4 Å². The summed E-state index contributed by atoms with van der Waals surface area (Å²) in [5, 5.41) is 8.91. The number of hydrogen-bond acceptors (Lipinski definition) is 4. The van der Waals surface area contributed by atoms with E-state index < -0.39 is 10.0 Å². The van der Waals surface area contributed by atoms with Crippen molar-refractivity contribution >= 4 is 10.0 Å². The molecule has 0 fully saturated rings. The van der Waals surface area contributed by atoms with E-state index >= 15 is 0 Å². The van der Waals surface area contributed by atoms with Crippen LogP contribution in [0.3, 0.4) is 0 Å². The number of ether oxygens (including phenoxy) is 1. The van der Waals surface area contributed by atoms with Gasteiger partial charge in [0.1, 0.15) is 12.4 Å². The lowest BCUT2D eigenvalue weighted by molar-refractivity contribution is 0.363. The summed E-state index contributed by atoms with van der Waals surface area (Å²) >= 11 is 0. The van der Waals surface area contributed by atoms with E-state index in [9.17, 15) is 8.42 Å². The smallest absolute Gasteiger partial charge is 0.243 e. The zero-order valence-electron chi connectivity index (χ0n) is 13.3. The molecule has 0 aliphatic heterocycles. The molecule has 2 aromatic carbocycles. The first-order chi connectivity index (χ1) is 11.5. The van der Waals surface area contributed by atoms with Crippen molar-refractivity contribution in [3.63, 3.8) is 0 Å². The second-order valence-electron chi connectivity index (χ2n) is 5.14. The van der Waals surface area contributed by atoms with Crippen LogP contribution >= 0.6 is 0 Å². The molecule has 2 rings (SSSR count). The summed E-state index contributed by atoms with van der Waals surface area (Å²) in [6.07, 6.45) is 1.66. The molecule has 0 saturated carbocycles. The molecule has 0 heterocycles. The molecule has 0 aromatic heterocycles. The van der Waals surface area contributed by atoms with Gasteiger partial charge in [-0.05, 0) is 35.9 Å². The van der Waals surface area contributed by atoms with Gasteiger partial charge in [0.25, 0.3) is 0 Å². The molecule has 2 aromatic rings. The predicted octanol–water partition coefficient (Wildman–Crippen LogP) is 2.94. The Morgan fingerprint density at radius 1 is 1.25 bits per heavy atom. The molecule has 0 amide bonds. The highest BCUT2D eigenvalue weighted by Gasteiger charge is 2.21. The van der Waals surface area contributed by atoms with E-state index in [1.54, 1.807) is 30.3 Å². The molecule has 24 heavy (non-hydrogen) atoms. The van der Waals surface area contributed by atoms with Gasteiger partial charge in [0.05, 0.1) is 16.5 Å². The predicted molar refractivity (Wildman–Crippen MR) is 91.9 cm³/mol. The standard InChI is InChI=1S/C18H18N2O3S/c1-3-11-23-17-9-7-15(8-10-17)14-20(2)24(21,22)18-6-4-5-16(12-18)13-19/h3-10,12H,1,11,14H2,2H3. The average molecular weight is 342 g/mol. The third kappa shape index (κ3) is 4.22. The Kier molecular flexibility index (Phi) is 5.74. The maximum atomic E-state index is 12.6. The maximum Gasteiger partial charge on any atom is 0.243 e. The van der Waals surface area contributed by atoms with Crippen molar-refractivity contribution < 1.29 is 13.2 Å². The number of hydrogen-bond donors (Lipinski definition) is 0. The summed E-state index contributed by atoms with van der Waals surface area (Å²) in [7, 11) is -2.15. The van der Waals surface area contributed by atoms with Crippen LogP contribution in [0.4, 0.5) is 0 Å². The topological polar surface area (TPSA) is 70.4 Å². The van der Waals surface area contributed by atoms with Gasteiger partial charge in [0.2, 0.25) is 10.0 Å². The van der Waals surface area contributed by atoms with Gasteiger partial charge in [0, 0.05) is 13.6 Å². The van der Waals surface area contributed by atoms with Crippen molar-refractivity contribution in [3.8, 4) is 11.8 Å². The summed E-state index contributed by atoms with van der Waals surface area (Å²) in [4.78, 5) is 0.106. The highest BCUT2D eigenvalue weighted by molar-refractivity contribution is 7.89. The molecular formula is C18H18N2O3S. The summed E-state index contributed by atoms with van der Waals surface area (Å²) in [6.45, 7) is 4.22. The van der Waals surface area contributed by atoms with Crippen LogP contribution in [0.25, 0.3) is 0 Å². The van der Waals surface area contributed by atoms with Crippen molar-refractivity contribution in [3.05, 3.63) is 72.3 Å². The molecule has 0 aliphatic rings. The number of benzene rings is 2. The minimum absolute atomic E-state index is 0.106. The van der Waals surface area contributed by atoms with Gasteiger partial charge in [-0.3, -0.25) is 0 Å². The highest BCUT2D eigenvalue weighted by atomic mass is 32.2. The van der Waals surface area contributed by atoms with Crippen LogP contribution in [0.1, 0.15) is 11.1 Å². The van der Waals surface area contributed by atoms with E-state index in [4.69, 9.17) is 10.00 Å². The minimum Gasteiger partial charge on any atom is -0.490 e. The minimum atomic E-state index is -3.66. The molecule has 0 radical (unpaired) electrons. The van der Waals surface area contributed by atoms with Crippen LogP contribution in [0.15, 0.2) is 66.1 Å². The molecule has 6 heteroatoms. The van der Waals surface area contributed by atoms with Crippen molar-refractivity contribution in [1.29, 1.82) is 5.26 Å². The quantitative estimate of drug-likeness (QED) is 0.725. The van der Waals surface area contributed by atoms with Gasteiger partial charge in [0.15, 0.2) is 0 Å².